The van der Waals surface area contributed by atoms with Gasteiger partial charge in [-0.1, -0.05) is 13.3 Å². The molecule has 1 heterocycles. The monoisotopic (exact) mass is 172 g/mol. The van der Waals surface area contributed by atoms with Gasteiger partial charge in [0, 0.05) is 12.3 Å². The van der Waals surface area contributed by atoms with Crippen LogP contribution in [0.5, 0.6) is 0 Å². The van der Waals surface area contributed by atoms with Crippen LogP contribution < -0.4 is 0 Å². The Morgan fingerprint density at radius 2 is 2.33 bits per heavy atom. The summed E-state index contributed by atoms with van der Waals surface area (Å²) in [7, 11) is 0. The second-order valence-corrected chi connectivity index (χ2v) is 3.40. The lowest BCUT2D eigenvalue weighted by Crippen LogP contribution is -2.34. The van der Waals surface area contributed by atoms with Gasteiger partial charge < -0.3 is 9.84 Å². The van der Waals surface area contributed by atoms with Crippen molar-refractivity contribution in [3.63, 3.8) is 0 Å². The lowest BCUT2D eigenvalue weighted by molar-refractivity contribution is -0.138. The van der Waals surface area contributed by atoms with E-state index in [0.717, 1.165) is 26.1 Å². The SMILES string of the molecule is CCC(CCC(=O)O)C1COC1. The first-order chi connectivity index (χ1) is 5.74. The van der Waals surface area contributed by atoms with Crippen molar-refractivity contribution < 1.29 is 14.6 Å². The molecule has 0 aromatic carbocycles. The molecule has 1 saturated heterocycles. The molecule has 0 aromatic rings. The minimum absolute atomic E-state index is 0.301. The first-order valence-electron chi connectivity index (χ1n) is 4.53. The van der Waals surface area contributed by atoms with Gasteiger partial charge in [0.1, 0.15) is 0 Å². The van der Waals surface area contributed by atoms with Gasteiger partial charge in [-0.15, -0.1) is 0 Å². The molecule has 1 fully saturated rings. The van der Waals surface area contributed by atoms with Crippen LogP contribution in [0.3, 0.4) is 0 Å². The van der Waals surface area contributed by atoms with Gasteiger partial charge in [0.05, 0.1) is 13.2 Å². The minimum Gasteiger partial charge on any atom is -0.481 e. The molecule has 70 valence electrons. The second kappa shape index (κ2) is 4.45. The summed E-state index contributed by atoms with van der Waals surface area (Å²) < 4.78 is 5.08. The van der Waals surface area contributed by atoms with E-state index in [9.17, 15) is 4.79 Å². The topological polar surface area (TPSA) is 46.5 Å². The van der Waals surface area contributed by atoms with Crippen molar-refractivity contribution in [2.24, 2.45) is 11.8 Å². The van der Waals surface area contributed by atoms with Gasteiger partial charge >= 0.3 is 5.97 Å². The Kier molecular flexibility index (Phi) is 3.53. The van der Waals surface area contributed by atoms with Crippen LogP contribution in [-0.4, -0.2) is 24.3 Å². The van der Waals surface area contributed by atoms with E-state index in [4.69, 9.17) is 9.84 Å². The Morgan fingerprint density at radius 1 is 1.67 bits per heavy atom. The predicted molar refractivity (Wildman–Crippen MR) is 45.0 cm³/mol. The summed E-state index contributed by atoms with van der Waals surface area (Å²) >= 11 is 0. The fourth-order valence-electron chi connectivity index (χ4n) is 1.61. The first kappa shape index (κ1) is 9.52. The van der Waals surface area contributed by atoms with Crippen molar-refractivity contribution in [2.75, 3.05) is 13.2 Å². The van der Waals surface area contributed by atoms with Crippen LogP contribution in [0.2, 0.25) is 0 Å². The molecule has 0 radical (unpaired) electrons. The average molecular weight is 172 g/mol. The van der Waals surface area contributed by atoms with E-state index >= 15 is 0 Å². The highest BCUT2D eigenvalue weighted by Gasteiger charge is 2.26. The van der Waals surface area contributed by atoms with E-state index in [-0.39, 0.29) is 0 Å². The highest BCUT2D eigenvalue weighted by molar-refractivity contribution is 5.66. The van der Waals surface area contributed by atoms with Crippen LogP contribution in [0.1, 0.15) is 26.2 Å². The molecule has 0 saturated carbocycles. The van der Waals surface area contributed by atoms with Crippen molar-refractivity contribution >= 4 is 5.97 Å². The number of hydrogen-bond acceptors (Lipinski definition) is 2. The number of carboxylic acid groups (broad SMARTS) is 1. The zero-order chi connectivity index (χ0) is 8.97. The lowest BCUT2D eigenvalue weighted by atomic mass is 9.85. The van der Waals surface area contributed by atoms with Gasteiger partial charge in [0.15, 0.2) is 0 Å². The molecule has 0 aromatic heterocycles. The van der Waals surface area contributed by atoms with Gasteiger partial charge in [-0.3, -0.25) is 4.79 Å². The smallest absolute Gasteiger partial charge is 0.303 e. The molecule has 1 aliphatic heterocycles. The van der Waals surface area contributed by atoms with E-state index in [0.29, 0.717) is 18.3 Å². The Hall–Kier alpha value is -0.570. The third-order valence-electron chi connectivity index (χ3n) is 2.58. The molecule has 0 amide bonds. The fraction of sp³-hybridized carbons (Fsp3) is 0.889. The molecule has 1 rings (SSSR count). The zero-order valence-electron chi connectivity index (χ0n) is 7.45. The number of rotatable bonds is 5. The average Bonchev–Trinajstić information content (AvgIpc) is 1.93. The van der Waals surface area contributed by atoms with Crippen molar-refractivity contribution in [2.45, 2.75) is 26.2 Å². The van der Waals surface area contributed by atoms with E-state index in [2.05, 4.69) is 6.92 Å². The molecule has 1 atom stereocenters. The molecule has 3 heteroatoms. The summed E-state index contributed by atoms with van der Waals surface area (Å²) in [6.45, 7) is 3.78. The van der Waals surface area contributed by atoms with Crippen molar-refractivity contribution in [1.29, 1.82) is 0 Å². The summed E-state index contributed by atoms with van der Waals surface area (Å²) in [6.07, 6.45) is 2.18. The third-order valence-corrected chi connectivity index (χ3v) is 2.58. The molecule has 0 spiro atoms. The third kappa shape index (κ3) is 2.48. The Labute approximate surface area is 72.7 Å². The summed E-state index contributed by atoms with van der Waals surface area (Å²) in [4.78, 5) is 10.3. The molecule has 1 aliphatic rings. The van der Waals surface area contributed by atoms with Crippen LogP contribution in [0.25, 0.3) is 0 Å². The fourth-order valence-corrected chi connectivity index (χ4v) is 1.61. The first-order valence-corrected chi connectivity index (χ1v) is 4.53. The molecule has 0 bridgehead atoms. The van der Waals surface area contributed by atoms with Gasteiger partial charge in [0.2, 0.25) is 0 Å². The molecular weight excluding hydrogens is 156 g/mol. The predicted octanol–water partition coefficient (Wildman–Crippen LogP) is 1.52. The van der Waals surface area contributed by atoms with Gasteiger partial charge in [-0.2, -0.15) is 0 Å². The molecule has 12 heavy (non-hydrogen) atoms. The Balaban J connectivity index is 2.20. The number of carbonyl (C=O) groups is 1. The van der Waals surface area contributed by atoms with Crippen LogP contribution in [0, 0.1) is 11.8 Å². The quantitative estimate of drug-likeness (QED) is 0.684. The van der Waals surface area contributed by atoms with Crippen LogP contribution >= 0.6 is 0 Å². The lowest BCUT2D eigenvalue weighted by Gasteiger charge is -2.32. The molecular formula is C9H16O3. The van der Waals surface area contributed by atoms with Crippen molar-refractivity contribution in [1.82, 2.24) is 0 Å². The summed E-state index contributed by atoms with van der Waals surface area (Å²) in [5.74, 6) is 0.484. The van der Waals surface area contributed by atoms with Crippen LogP contribution in [-0.2, 0) is 9.53 Å². The second-order valence-electron chi connectivity index (χ2n) is 3.40. The summed E-state index contributed by atoms with van der Waals surface area (Å²) in [5, 5.41) is 8.50. The zero-order valence-corrected chi connectivity index (χ0v) is 7.45. The van der Waals surface area contributed by atoms with E-state index in [1.165, 1.54) is 0 Å². The highest BCUT2D eigenvalue weighted by atomic mass is 16.5. The van der Waals surface area contributed by atoms with Gasteiger partial charge in [-0.05, 0) is 12.3 Å². The summed E-state index contributed by atoms with van der Waals surface area (Å²) in [5.41, 5.74) is 0. The van der Waals surface area contributed by atoms with E-state index in [1.54, 1.807) is 0 Å². The number of aliphatic carboxylic acids is 1. The molecule has 1 N–H and O–H groups in total. The van der Waals surface area contributed by atoms with E-state index < -0.39 is 5.97 Å². The maximum atomic E-state index is 10.3. The maximum absolute atomic E-state index is 10.3. The van der Waals surface area contributed by atoms with Crippen molar-refractivity contribution in [3.8, 4) is 0 Å². The maximum Gasteiger partial charge on any atom is 0.303 e. The van der Waals surface area contributed by atoms with Gasteiger partial charge in [-0.25, -0.2) is 0 Å². The summed E-state index contributed by atoms with van der Waals surface area (Å²) in [6, 6.07) is 0. The number of ether oxygens (including phenoxy) is 1. The normalized spacial score (nSPS) is 20.1. The highest BCUT2D eigenvalue weighted by Crippen LogP contribution is 2.27. The Morgan fingerprint density at radius 3 is 2.67 bits per heavy atom. The van der Waals surface area contributed by atoms with Crippen LogP contribution in [0.15, 0.2) is 0 Å². The van der Waals surface area contributed by atoms with E-state index in [1.807, 2.05) is 0 Å². The molecule has 3 nitrogen and oxygen atoms in total. The number of carboxylic acids is 1. The molecule has 0 aliphatic carbocycles. The Bertz CT molecular complexity index is 152. The van der Waals surface area contributed by atoms with Crippen molar-refractivity contribution in [3.05, 3.63) is 0 Å². The van der Waals surface area contributed by atoms with Crippen LogP contribution in [0.4, 0.5) is 0 Å². The minimum atomic E-state index is -0.686. The number of hydrogen-bond donors (Lipinski definition) is 1. The largest absolute Gasteiger partial charge is 0.481 e. The molecule has 1 unspecified atom stereocenters. The van der Waals surface area contributed by atoms with Gasteiger partial charge in [0.25, 0.3) is 0 Å². The standard InChI is InChI=1S/C9H16O3/c1-2-7(3-4-9(10)11)8-5-12-6-8/h7-8H,2-6H2,1H3,(H,10,11).